The minimum Gasteiger partial charge on any atom is -0.351 e. The van der Waals surface area contributed by atoms with Gasteiger partial charge in [-0.25, -0.2) is 4.98 Å². The number of nitrogens with one attached hydrogen (secondary N) is 1. The van der Waals surface area contributed by atoms with Crippen molar-refractivity contribution in [2.24, 2.45) is 5.92 Å². The zero-order valence-corrected chi connectivity index (χ0v) is 15.5. The number of hydrogen-bond acceptors (Lipinski definition) is 4. The van der Waals surface area contributed by atoms with Crippen molar-refractivity contribution >= 4 is 44.2 Å². The van der Waals surface area contributed by atoms with Crippen molar-refractivity contribution < 1.29 is 4.79 Å². The zero-order chi connectivity index (χ0) is 16.8. The van der Waals surface area contributed by atoms with Gasteiger partial charge in [-0.05, 0) is 45.7 Å². The van der Waals surface area contributed by atoms with E-state index in [0.717, 1.165) is 45.4 Å². The minimum atomic E-state index is -0.189. The molecular weight excluding hydrogens is 330 g/mol. The number of halogens is 1. The molecule has 0 saturated carbocycles. The second kappa shape index (κ2) is 5.95. The first-order chi connectivity index (χ1) is 10.7. The predicted octanol–water partition coefficient (Wildman–Crippen LogP) is 4.00. The number of benzene rings is 1. The van der Waals surface area contributed by atoms with E-state index in [4.69, 9.17) is 16.6 Å². The highest BCUT2D eigenvalue weighted by Gasteiger charge is 2.31. The topological polar surface area (TPSA) is 45.2 Å². The predicted molar refractivity (Wildman–Crippen MR) is 97.6 cm³/mol. The summed E-state index contributed by atoms with van der Waals surface area (Å²) in [6.45, 7) is 9.66. The van der Waals surface area contributed by atoms with Gasteiger partial charge < -0.3 is 10.2 Å². The van der Waals surface area contributed by atoms with E-state index in [2.05, 4.69) is 10.2 Å². The zero-order valence-electron chi connectivity index (χ0n) is 13.9. The molecule has 1 unspecified atom stereocenters. The fourth-order valence-electron chi connectivity index (χ4n) is 2.85. The first-order valence-corrected chi connectivity index (χ1v) is 9.06. The van der Waals surface area contributed by atoms with Crippen LogP contribution in [0.15, 0.2) is 12.1 Å². The fourth-order valence-corrected chi connectivity index (χ4v) is 4.20. The van der Waals surface area contributed by atoms with E-state index in [0.29, 0.717) is 0 Å². The number of hydrogen-bond donors (Lipinski definition) is 1. The van der Waals surface area contributed by atoms with Gasteiger partial charge in [-0.3, -0.25) is 4.79 Å². The lowest BCUT2D eigenvalue weighted by Gasteiger charge is -2.23. The molecule has 2 heterocycles. The van der Waals surface area contributed by atoms with Crippen LogP contribution in [0.25, 0.3) is 10.2 Å². The molecule has 1 aliphatic rings. The molecule has 1 aromatic carbocycles. The molecule has 1 saturated heterocycles. The van der Waals surface area contributed by atoms with E-state index < -0.39 is 0 Å². The summed E-state index contributed by atoms with van der Waals surface area (Å²) in [5.41, 5.74) is 1.92. The van der Waals surface area contributed by atoms with Gasteiger partial charge in [-0.2, -0.15) is 0 Å². The number of carbonyl (C=O) groups is 1. The lowest BCUT2D eigenvalue weighted by atomic mass is 10.0. The van der Waals surface area contributed by atoms with Crippen molar-refractivity contribution in [1.29, 1.82) is 0 Å². The van der Waals surface area contributed by atoms with Gasteiger partial charge in [-0.1, -0.05) is 29.0 Å². The van der Waals surface area contributed by atoms with E-state index in [9.17, 15) is 4.79 Å². The van der Waals surface area contributed by atoms with E-state index in [1.54, 1.807) is 11.3 Å². The Morgan fingerprint density at radius 3 is 2.83 bits per heavy atom. The molecule has 6 heteroatoms. The molecule has 0 spiro atoms. The third kappa shape index (κ3) is 3.45. The Bertz CT molecular complexity index is 711. The molecule has 1 N–H and O–H groups in total. The number of rotatable bonds is 2. The van der Waals surface area contributed by atoms with E-state index in [1.165, 1.54) is 0 Å². The molecule has 1 aromatic heterocycles. The molecule has 3 rings (SSSR count). The van der Waals surface area contributed by atoms with E-state index >= 15 is 0 Å². The summed E-state index contributed by atoms with van der Waals surface area (Å²) in [6.07, 6.45) is 0.866. The fraction of sp³-hybridized carbons (Fsp3) is 0.529. The van der Waals surface area contributed by atoms with Crippen LogP contribution in [0.2, 0.25) is 5.02 Å². The summed E-state index contributed by atoms with van der Waals surface area (Å²) >= 11 is 7.90. The van der Waals surface area contributed by atoms with Crippen LogP contribution in [0.1, 0.15) is 32.8 Å². The molecule has 1 atom stereocenters. The van der Waals surface area contributed by atoms with Crippen molar-refractivity contribution in [3.63, 3.8) is 0 Å². The molecule has 1 fully saturated rings. The summed E-state index contributed by atoms with van der Waals surface area (Å²) in [5, 5.41) is 4.78. The van der Waals surface area contributed by atoms with Crippen LogP contribution >= 0.6 is 22.9 Å². The largest absolute Gasteiger partial charge is 0.351 e. The van der Waals surface area contributed by atoms with Crippen LogP contribution < -0.4 is 10.2 Å². The Kier molecular flexibility index (Phi) is 4.27. The highest BCUT2D eigenvalue weighted by atomic mass is 35.5. The maximum Gasteiger partial charge on any atom is 0.225 e. The Labute approximate surface area is 145 Å². The number of amides is 1. The number of nitrogens with zero attached hydrogens (tertiary/aromatic N) is 2. The first-order valence-electron chi connectivity index (χ1n) is 7.87. The molecule has 0 aliphatic carbocycles. The summed E-state index contributed by atoms with van der Waals surface area (Å²) in [7, 11) is 0. The Morgan fingerprint density at radius 1 is 1.43 bits per heavy atom. The van der Waals surface area contributed by atoms with Gasteiger partial charge in [0, 0.05) is 18.6 Å². The first kappa shape index (κ1) is 16.5. The molecule has 1 amide bonds. The third-order valence-electron chi connectivity index (χ3n) is 4.01. The second-order valence-corrected chi connectivity index (χ2v) is 8.59. The molecule has 124 valence electrons. The van der Waals surface area contributed by atoms with Crippen LogP contribution in [0.3, 0.4) is 0 Å². The van der Waals surface area contributed by atoms with Crippen molar-refractivity contribution in [2.45, 2.75) is 39.7 Å². The number of carbonyl (C=O) groups excluding carboxylic acids is 1. The number of anilines is 1. The van der Waals surface area contributed by atoms with E-state index in [1.807, 2.05) is 39.8 Å². The van der Waals surface area contributed by atoms with Gasteiger partial charge in [0.1, 0.15) is 0 Å². The van der Waals surface area contributed by atoms with Crippen LogP contribution in [0, 0.1) is 12.8 Å². The summed E-state index contributed by atoms with van der Waals surface area (Å²) in [4.78, 5) is 19.3. The summed E-state index contributed by atoms with van der Waals surface area (Å²) < 4.78 is 1.03. The van der Waals surface area contributed by atoms with Gasteiger partial charge in [-0.15, -0.1) is 0 Å². The van der Waals surface area contributed by atoms with Gasteiger partial charge in [0.15, 0.2) is 5.13 Å². The van der Waals surface area contributed by atoms with Crippen LogP contribution in [-0.2, 0) is 4.79 Å². The quantitative estimate of drug-likeness (QED) is 0.889. The summed E-state index contributed by atoms with van der Waals surface area (Å²) in [5.74, 6) is 0.160. The standard InChI is InChI=1S/C17H22ClN3OS/c1-10-5-6-12(18)14-13(10)19-16(23-14)21-8-7-11(9-21)15(22)20-17(2,3)4/h5-6,11H,7-9H2,1-4H3,(H,20,22). The molecular formula is C17H22ClN3OS. The van der Waals surface area contributed by atoms with Crippen LogP contribution in [-0.4, -0.2) is 29.5 Å². The van der Waals surface area contributed by atoms with Gasteiger partial charge in [0.2, 0.25) is 5.91 Å². The average Bonchev–Trinajstić information content (AvgIpc) is 3.07. The third-order valence-corrected chi connectivity index (χ3v) is 5.59. The molecule has 4 nitrogen and oxygen atoms in total. The molecule has 1 aliphatic heterocycles. The van der Waals surface area contributed by atoms with Crippen molar-refractivity contribution in [2.75, 3.05) is 18.0 Å². The number of aryl methyl sites for hydroxylation is 1. The highest BCUT2D eigenvalue weighted by molar-refractivity contribution is 7.22. The minimum absolute atomic E-state index is 0.0257. The monoisotopic (exact) mass is 351 g/mol. The smallest absolute Gasteiger partial charge is 0.225 e. The Morgan fingerprint density at radius 2 is 2.17 bits per heavy atom. The lowest BCUT2D eigenvalue weighted by Crippen LogP contribution is -2.44. The Hall–Kier alpha value is -1.33. The average molecular weight is 352 g/mol. The van der Waals surface area contributed by atoms with Crippen molar-refractivity contribution in [3.05, 3.63) is 22.7 Å². The van der Waals surface area contributed by atoms with Gasteiger partial charge >= 0.3 is 0 Å². The molecule has 2 aromatic rings. The van der Waals surface area contributed by atoms with Crippen molar-refractivity contribution in [1.82, 2.24) is 10.3 Å². The lowest BCUT2D eigenvalue weighted by molar-refractivity contribution is -0.125. The van der Waals surface area contributed by atoms with Gasteiger partial charge in [0.05, 0.1) is 21.2 Å². The van der Waals surface area contributed by atoms with Crippen LogP contribution in [0.4, 0.5) is 5.13 Å². The normalized spacial score (nSPS) is 18.7. The maximum absolute atomic E-state index is 12.3. The molecule has 0 radical (unpaired) electrons. The Balaban J connectivity index is 1.78. The summed E-state index contributed by atoms with van der Waals surface area (Å²) in [6, 6.07) is 3.92. The van der Waals surface area contributed by atoms with Gasteiger partial charge in [0.25, 0.3) is 0 Å². The highest BCUT2D eigenvalue weighted by Crippen LogP contribution is 2.37. The van der Waals surface area contributed by atoms with Crippen molar-refractivity contribution in [3.8, 4) is 0 Å². The number of aromatic nitrogens is 1. The number of fused-ring (bicyclic) bond motifs is 1. The SMILES string of the molecule is Cc1ccc(Cl)c2sc(N3CCC(C(=O)NC(C)(C)C)C3)nc12. The molecule has 0 bridgehead atoms. The molecule has 23 heavy (non-hydrogen) atoms. The van der Waals surface area contributed by atoms with E-state index in [-0.39, 0.29) is 17.4 Å². The second-order valence-electron chi connectivity index (χ2n) is 7.21. The van der Waals surface area contributed by atoms with Crippen LogP contribution in [0.5, 0.6) is 0 Å². The maximum atomic E-state index is 12.3. The number of thiazole rings is 1.